The molecule has 0 atom stereocenters. The van der Waals surface area contributed by atoms with Gasteiger partial charge in [0, 0.05) is 29.6 Å². The smallest absolute Gasteiger partial charge is 0.251 e. The Morgan fingerprint density at radius 3 is 2.69 bits per heavy atom. The van der Waals surface area contributed by atoms with E-state index in [1.165, 1.54) is 0 Å². The Balaban J connectivity index is 1.53. The van der Waals surface area contributed by atoms with E-state index in [0.29, 0.717) is 25.1 Å². The molecule has 0 bridgehead atoms. The maximum Gasteiger partial charge on any atom is 0.251 e. The van der Waals surface area contributed by atoms with Crippen LogP contribution in [0.25, 0.3) is 5.13 Å². The number of ether oxygens (including phenoxy) is 1. The SMILES string of the molecule is CCOc1ccc(C(=O)NCCc2csc(-n3nc(C)cc3C)n2)cc1. The van der Waals surface area contributed by atoms with Gasteiger partial charge in [-0.25, -0.2) is 9.67 Å². The van der Waals surface area contributed by atoms with Crippen molar-refractivity contribution in [3.05, 3.63) is 58.4 Å². The zero-order valence-corrected chi connectivity index (χ0v) is 16.0. The summed E-state index contributed by atoms with van der Waals surface area (Å²) in [5, 5.41) is 10.2. The quantitative estimate of drug-likeness (QED) is 0.693. The van der Waals surface area contributed by atoms with E-state index in [1.807, 2.05) is 36.9 Å². The number of thiazole rings is 1. The Labute approximate surface area is 156 Å². The molecular weight excluding hydrogens is 348 g/mol. The topological polar surface area (TPSA) is 69.0 Å². The summed E-state index contributed by atoms with van der Waals surface area (Å²) in [5.41, 5.74) is 3.61. The van der Waals surface area contributed by atoms with Crippen molar-refractivity contribution in [1.82, 2.24) is 20.1 Å². The molecule has 1 aromatic carbocycles. The standard InChI is InChI=1S/C19H22N4O2S/c1-4-25-17-7-5-15(6-8-17)18(24)20-10-9-16-12-26-19(21-16)23-14(3)11-13(2)22-23/h5-8,11-12H,4,9-10H2,1-3H3,(H,20,24). The van der Waals surface area contributed by atoms with Gasteiger partial charge < -0.3 is 10.1 Å². The number of hydrogen-bond acceptors (Lipinski definition) is 5. The van der Waals surface area contributed by atoms with Gasteiger partial charge in [-0.1, -0.05) is 0 Å². The second-order valence-corrected chi connectivity index (χ2v) is 6.76. The lowest BCUT2D eigenvalue weighted by Gasteiger charge is -2.06. The van der Waals surface area contributed by atoms with E-state index in [0.717, 1.165) is 28.0 Å². The summed E-state index contributed by atoms with van der Waals surface area (Å²) >= 11 is 1.55. The molecule has 0 spiro atoms. The minimum absolute atomic E-state index is 0.0953. The number of benzene rings is 1. The molecule has 0 fully saturated rings. The monoisotopic (exact) mass is 370 g/mol. The van der Waals surface area contributed by atoms with Crippen LogP contribution in [-0.4, -0.2) is 33.8 Å². The predicted molar refractivity (Wildman–Crippen MR) is 102 cm³/mol. The van der Waals surface area contributed by atoms with E-state index < -0.39 is 0 Å². The minimum atomic E-state index is -0.0953. The third-order valence-corrected chi connectivity index (χ3v) is 4.69. The first-order valence-corrected chi connectivity index (χ1v) is 9.44. The molecule has 0 unspecified atom stereocenters. The molecule has 7 heteroatoms. The fourth-order valence-electron chi connectivity index (χ4n) is 2.61. The van der Waals surface area contributed by atoms with Crippen LogP contribution in [0.4, 0.5) is 0 Å². The summed E-state index contributed by atoms with van der Waals surface area (Å²) in [7, 11) is 0. The number of nitrogens with zero attached hydrogens (tertiary/aromatic N) is 3. The number of rotatable bonds is 7. The van der Waals surface area contributed by atoms with Gasteiger partial charge in [0.25, 0.3) is 5.91 Å². The van der Waals surface area contributed by atoms with Gasteiger partial charge in [0.1, 0.15) is 5.75 Å². The van der Waals surface area contributed by atoms with Crippen molar-refractivity contribution in [3.8, 4) is 10.9 Å². The zero-order valence-electron chi connectivity index (χ0n) is 15.2. The first-order valence-electron chi connectivity index (χ1n) is 8.56. The van der Waals surface area contributed by atoms with Gasteiger partial charge in [0.2, 0.25) is 5.13 Å². The van der Waals surface area contributed by atoms with Gasteiger partial charge in [-0.15, -0.1) is 11.3 Å². The average Bonchev–Trinajstić information content (AvgIpc) is 3.21. The van der Waals surface area contributed by atoms with Crippen molar-refractivity contribution >= 4 is 17.2 Å². The van der Waals surface area contributed by atoms with Crippen LogP contribution in [-0.2, 0) is 6.42 Å². The van der Waals surface area contributed by atoms with E-state index in [4.69, 9.17) is 4.74 Å². The van der Waals surface area contributed by atoms with Gasteiger partial charge in [0.15, 0.2) is 0 Å². The molecule has 2 aromatic heterocycles. The van der Waals surface area contributed by atoms with Crippen LogP contribution in [0.1, 0.15) is 34.4 Å². The second-order valence-electron chi connectivity index (χ2n) is 5.92. The Bertz CT molecular complexity index is 883. The van der Waals surface area contributed by atoms with Crippen LogP contribution in [0.2, 0.25) is 0 Å². The summed E-state index contributed by atoms with van der Waals surface area (Å²) in [4.78, 5) is 16.8. The molecule has 0 aliphatic carbocycles. The third kappa shape index (κ3) is 4.29. The molecule has 0 aliphatic heterocycles. The van der Waals surface area contributed by atoms with Crippen molar-refractivity contribution in [1.29, 1.82) is 0 Å². The van der Waals surface area contributed by atoms with E-state index in [1.54, 1.807) is 35.6 Å². The van der Waals surface area contributed by atoms with Crippen molar-refractivity contribution in [2.75, 3.05) is 13.2 Å². The van der Waals surface area contributed by atoms with Crippen molar-refractivity contribution in [3.63, 3.8) is 0 Å². The number of carbonyl (C=O) groups excluding carboxylic acids is 1. The van der Waals surface area contributed by atoms with Crippen molar-refractivity contribution in [2.45, 2.75) is 27.2 Å². The van der Waals surface area contributed by atoms with Crippen LogP contribution < -0.4 is 10.1 Å². The Morgan fingerprint density at radius 1 is 1.27 bits per heavy atom. The van der Waals surface area contributed by atoms with E-state index >= 15 is 0 Å². The van der Waals surface area contributed by atoms with Crippen LogP contribution >= 0.6 is 11.3 Å². The lowest BCUT2D eigenvalue weighted by molar-refractivity contribution is 0.0954. The summed E-state index contributed by atoms with van der Waals surface area (Å²) in [6, 6.07) is 9.17. The molecule has 2 heterocycles. The summed E-state index contributed by atoms with van der Waals surface area (Å²) < 4.78 is 7.23. The second kappa shape index (κ2) is 8.14. The highest BCUT2D eigenvalue weighted by molar-refractivity contribution is 7.12. The Hall–Kier alpha value is -2.67. The first-order chi connectivity index (χ1) is 12.6. The zero-order chi connectivity index (χ0) is 18.5. The van der Waals surface area contributed by atoms with Gasteiger partial charge in [-0.2, -0.15) is 5.10 Å². The molecular formula is C19H22N4O2S. The van der Waals surface area contributed by atoms with Gasteiger partial charge >= 0.3 is 0 Å². The molecule has 26 heavy (non-hydrogen) atoms. The van der Waals surface area contributed by atoms with Crippen LogP contribution in [0, 0.1) is 13.8 Å². The van der Waals surface area contributed by atoms with Crippen molar-refractivity contribution < 1.29 is 9.53 Å². The highest BCUT2D eigenvalue weighted by Crippen LogP contribution is 2.17. The third-order valence-electron chi connectivity index (χ3n) is 3.82. The number of carbonyl (C=O) groups is 1. The lowest BCUT2D eigenvalue weighted by Crippen LogP contribution is -2.25. The van der Waals surface area contributed by atoms with Gasteiger partial charge in [0.05, 0.1) is 18.0 Å². The van der Waals surface area contributed by atoms with E-state index in [-0.39, 0.29) is 5.91 Å². The number of aromatic nitrogens is 3. The van der Waals surface area contributed by atoms with Gasteiger partial charge in [-0.05, 0) is 51.1 Å². The van der Waals surface area contributed by atoms with Crippen LogP contribution in [0.5, 0.6) is 5.75 Å². The predicted octanol–water partition coefficient (Wildman–Crippen LogP) is 3.32. The maximum absolute atomic E-state index is 12.2. The van der Waals surface area contributed by atoms with E-state index in [9.17, 15) is 4.79 Å². The molecule has 0 radical (unpaired) electrons. The summed E-state index contributed by atoms with van der Waals surface area (Å²) in [5.74, 6) is 0.672. The Morgan fingerprint density at radius 2 is 2.04 bits per heavy atom. The fraction of sp³-hybridized carbons (Fsp3) is 0.316. The highest BCUT2D eigenvalue weighted by Gasteiger charge is 2.10. The molecule has 1 N–H and O–H groups in total. The number of aryl methyl sites for hydroxylation is 2. The molecule has 3 aromatic rings. The molecule has 6 nitrogen and oxygen atoms in total. The summed E-state index contributed by atoms with van der Waals surface area (Å²) in [6.07, 6.45) is 0.679. The first kappa shape index (κ1) is 18.1. The van der Waals surface area contributed by atoms with Gasteiger partial charge in [-0.3, -0.25) is 4.79 Å². The number of amides is 1. The largest absolute Gasteiger partial charge is 0.494 e. The molecule has 136 valence electrons. The molecule has 0 saturated carbocycles. The molecule has 1 amide bonds. The fourth-order valence-corrected chi connectivity index (χ4v) is 3.47. The minimum Gasteiger partial charge on any atom is -0.494 e. The Kier molecular flexibility index (Phi) is 5.68. The highest BCUT2D eigenvalue weighted by atomic mass is 32.1. The normalized spacial score (nSPS) is 10.7. The van der Waals surface area contributed by atoms with E-state index in [2.05, 4.69) is 15.4 Å². The average molecular weight is 370 g/mol. The number of nitrogens with one attached hydrogen (secondary N) is 1. The molecule has 0 aliphatic rings. The number of hydrogen-bond donors (Lipinski definition) is 1. The molecule has 3 rings (SSSR count). The molecule has 0 saturated heterocycles. The lowest BCUT2D eigenvalue weighted by atomic mass is 10.2. The van der Waals surface area contributed by atoms with Crippen LogP contribution in [0.15, 0.2) is 35.7 Å². The van der Waals surface area contributed by atoms with Crippen molar-refractivity contribution in [2.24, 2.45) is 0 Å². The summed E-state index contributed by atoms with van der Waals surface area (Å²) in [6.45, 7) is 7.05. The maximum atomic E-state index is 12.2. The van der Waals surface area contributed by atoms with Crippen LogP contribution in [0.3, 0.4) is 0 Å².